The quantitative estimate of drug-likeness (QED) is 0.788. The second-order valence-electron chi connectivity index (χ2n) is 8.81. The Hall–Kier alpha value is -1.89. The van der Waals surface area contributed by atoms with E-state index in [1.54, 1.807) is 6.33 Å². The number of carbonyl (C=O) groups is 2. The molecule has 3 fully saturated rings. The Morgan fingerprint density at radius 3 is 2.71 bits per heavy atom. The van der Waals surface area contributed by atoms with Crippen molar-refractivity contribution in [3.63, 3.8) is 0 Å². The van der Waals surface area contributed by atoms with Crippen LogP contribution in [0.5, 0.6) is 0 Å². The lowest BCUT2D eigenvalue weighted by atomic mass is 9.84. The maximum Gasteiger partial charge on any atom is 0.228 e. The number of amides is 2. The van der Waals surface area contributed by atoms with Gasteiger partial charge >= 0.3 is 0 Å². The Morgan fingerprint density at radius 2 is 2.00 bits per heavy atom. The Kier molecular flexibility index (Phi) is 5.45. The molecule has 3 aliphatic rings. The molecule has 3 saturated heterocycles. The maximum atomic E-state index is 13.8. The molecule has 1 aromatic heterocycles. The van der Waals surface area contributed by atoms with E-state index in [0.717, 1.165) is 38.2 Å². The van der Waals surface area contributed by atoms with Gasteiger partial charge in [0.1, 0.15) is 0 Å². The molecule has 2 amide bonds. The van der Waals surface area contributed by atoms with Gasteiger partial charge in [0.15, 0.2) is 0 Å². The molecule has 0 bridgehead atoms. The van der Waals surface area contributed by atoms with Gasteiger partial charge in [0.2, 0.25) is 11.8 Å². The van der Waals surface area contributed by atoms with Crippen LogP contribution in [0.1, 0.15) is 50.8 Å². The Balaban J connectivity index is 1.63. The third kappa shape index (κ3) is 3.34. The van der Waals surface area contributed by atoms with E-state index in [1.807, 2.05) is 22.7 Å². The Morgan fingerprint density at radius 1 is 1.21 bits per heavy atom. The molecule has 7 nitrogen and oxygen atoms in total. The van der Waals surface area contributed by atoms with Crippen LogP contribution in [0.15, 0.2) is 12.5 Å². The molecule has 0 radical (unpaired) electrons. The molecule has 0 aliphatic carbocycles. The summed E-state index contributed by atoms with van der Waals surface area (Å²) in [6.07, 6.45) is 7.88. The molecule has 0 unspecified atom stereocenters. The lowest BCUT2D eigenvalue weighted by molar-refractivity contribution is -0.149. The van der Waals surface area contributed by atoms with Gasteiger partial charge in [-0.1, -0.05) is 6.92 Å². The van der Waals surface area contributed by atoms with Gasteiger partial charge in [-0.15, -0.1) is 0 Å². The summed E-state index contributed by atoms with van der Waals surface area (Å²) in [5.74, 6) is 0.856. The first-order valence-electron chi connectivity index (χ1n) is 10.8. The maximum absolute atomic E-state index is 13.8. The molecule has 7 heteroatoms. The zero-order valence-corrected chi connectivity index (χ0v) is 17.4. The average Bonchev–Trinajstić information content (AvgIpc) is 3.28. The highest BCUT2D eigenvalue weighted by Crippen LogP contribution is 2.40. The summed E-state index contributed by atoms with van der Waals surface area (Å²) in [7, 11) is 4.10. The van der Waals surface area contributed by atoms with Crippen LogP contribution < -0.4 is 0 Å². The third-order valence-corrected chi connectivity index (χ3v) is 6.99. The lowest BCUT2D eigenvalue weighted by Gasteiger charge is -2.43. The van der Waals surface area contributed by atoms with Gasteiger partial charge < -0.3 is 19.3 Å². The fourth-order valence-corrected chi connectivity index (χ4v) is 5.52. The molecule has 0 spiro atoms. The summed E-state index contributed by atoms with van der Waals surface area (Å²) in [4.78, 5) is 37.2. The molecule has 154 valence electrons. The highest BCUT2D eigenvalue weighted by atomic mass is 16.2. The zero-order chi connectivity index (χ0) is 19.8. The third-order valence-electron chi connectivity index (χ3n) is 6.99. The van der Waals surface area contributed by atoms with Gasteiger partial charge in [0, 0.05) is 39.1 Å². The summed E-state index contributed by atoms with van der Waals surface area (Å²) in [6, 6.07) is 0.122. The number of fused-ring (bicyclic) bond motifs is 1. The largest absolute Gasteiger partial charge is 0.338 e. The number of aromatic nitrogens is 2. The fourth-order valence-electron chi connectivity index (χ4n) is 5.52. The predicted molar refractivity (Wildman–Crippen MR) is 106 cm³/mol. The highest BCUT2D eigenvalue weighted by Gasteiger charge is 2.47. The van der Waals surface area contributed by atoms with Crippen molar-refractivity contribution in [2.75, 3.05) is 33.2 Å². The topological polar surface area (TPSA) is 61.7 Å². The minimum Gasteiger partial charge on any atom is -0.338 e. The van der Waals surface area contributed by atoms with E-state index in [-0.39, 0.29) is 23.8 Å². The van der Waals surface area contributed by atoms with Gasteiger partial charge in [-0.05, 0) is 45.2 Å². The number of carbonyl (C=O) groups excluding carboxylic acids is 2. The first-order valence-corrected chi connectivity index (χ1v) is 10.8. The number of imidazole rings is 1. The fraction of sp³-hybridized carbons (Fsp3) is 0.762. The second-order valence-corrected chi connectivity index (χ2v) is 8.81. The van der Waals surface area contributed by atoms with Gasteiger partial charge in [-0.3, -0.25) is 9.59 Å². The number of nitrogens with zero attached hydrogens (tertiary/aromatic N) is 5. The van der Waals surface area contributed by atoms with Crippen molar-refractivity contribution in [3.8, 4) is 0 Å². The van der Waals surface area contributed by atoms with Crippen LogP contribution in [0, 0.1) is 11.8 Å². The average molecular weight is 388 g/mol. The highest BCUT2D eigenvalue weighted by molar-refractivity contribution is 5.85. The van der Waals surface area contributed by atoms with Crippen LogP contribution in [0.4, 0.5) is 0 Å². The van der Waals surface area contributed by atoms with E-state index in [9.17, 15) is 9.59 Å². The van der Waals surface area contributed by atoms with Crippen molar-refractivity contribution >= 4 is 11.8 Å². The van der Waals surface area contributed by atoms with Crippen LogP contribution in [0.25, 0.3) is 0 Å². The SMILES string of the molecule is CCCN1C(=O)CC[C@H](C(=O)N2CC[C@@H]3CCN(C)C[C@@H]32)[C@H]1c1cncn1C. The number of aryl methyl sites for hydroxylation is 1. The van der Waals surface area contributed by atoms with Gasteiger partial charge in [-0.2, -0.15) is 0 Å². The lowest BCUT2D eigenvalue weighted by Crippen LogP contribution is -2.54. The van der Waals surface area contributed by atoms with Gasteiger partial charge in [0.05, 0.1) is 30.2 Å². The van der Waals surface area contributed by atoms with E-state index < -0.39 is 0 Å². The van der Waals surface area contributed by atoms with E-state index >= 15 is 0 Å². The van der Waals surface area contributed by atoms with Crippen LogP contribution in [-0.2, 0) is 16.6 Å². The number of hydrogen-bond donors (Lipinski definition) is 0. The molecular weight excluding hydrogens is 354 g/mol. The number of hydrogen-bond acceptors (Lipinski definition) is 4. The minimum atomic E-state index is -0.207. The summed E-state index contributed by atoms with van der Waals surface area (Å²) in [6.45, 7) is 5.73. The second kappa shape index (κ2) is 7.85. The number of rotatable bonds is 4. The molecule has 0 saturated carbocycles. The van der Waals surface area contributed by atoms with Crippen LogP contribution in [0.2, 0.25) is 0 Å². The number of likely N-dealkylation sites (N-methyl/N-ethyl adjacent to an activating group) is 1. The molecule has 0 aromatic carbocycles. The standard InChI is InChI=1S/C21H33N5O2/c1-4-9-26-19(27)6-5-16(20(26)17-12-22-14-24(17)3)21(28)25-11-8-15-7-10-23(2)13-18(15)25/h12,14-16,18,20H,4-11,13H2,1-3H3/t15-,16-,18-,20-/m0/s1. The summed E-state index contributed by atoms with van der Waals surface area (Å²) in [5, 5.41) is 0. The molecule has 28 heavy (non-hydrogen) atoms. The number of likely N-dealkylation sites (tertiary alicyclic amines) is 3. The minimum absolute atomic E-state index is 0.161. The molecule has 1 aromatic rings. The molecule has 4 heterocycles. The van der Waals surface area contributed by atoms with Gasteiger partial charge in [0.25, 0.3) is 0 Å². The van der Waals surface area contributed by atoms with Gasteiger partial charge in [-0.25, -0.2) is 4.98 Å². The van der Waals surface area contributed by atoms with Crippen molar-refractivity contribution in [2.45, 2.75) is 51.1 Å². The molecule has 4 atom stereocenters. The monoisotopic (exact) mass is 387 g/mol. The normalized spacial score (nSPS) is 31.3. The van der Waals surface area contributed by atoms with Crippen LogP contribution in [0.3, 0.4) is 0 Å². The van der Waals surface area contributed by atoms with Crippen molar-refractivity contribution in [3.05, 3.63) is 18.2 Å². The van der Waals surface area contributed by atoms with Crippen molar-refractivity contribution in [2.24, 2.45) is 18.9 Å². The van der Waals surface area contributed by atoms with Crippen molar-refractivity contribution in [1.29, 1.82) is 0 Å². The molecular formula is C21H33N5O2. The smallest absolute Gasteiger partial charge is 0.228 e. The summed E-state index contributed by atoms with van der Waals surface area (Å²) < 4.78 is 1.97. The summed E-state index contributed by atoms with van der Waals surface area (Å²) >= 11 is 0. The summed E-state index contributed by atoms with van der Waals surface area (Å²) in [5.41, 5.74) is 0.969. The first-order chi connectivity index (χ1) is 13.5. The van der Waals surface area contributed by atoms with Crippen molar-refractivity contribution in [1.82, 2.24) is 24.3 Å². The molecule has 0 N–H and O–H groups in total. The Bertz CT molecular complexity index is 732. The molecule has 3 aliphatic heterocycles. The van der Waals surface area contributed by atoms with Crippen molar-refractivity contribution < 1.29 is 9.59 Å². The van der Waals surface area contributed by atoms with Crippen LogP contribution >= 0.6 is 0 Å². The number of piperidine rings is 2. The zero-order valence-electron chi connectivity index (χ0n) is 17.4. The Labute approximate surface area is 167 Å². The van der Waals surface area contributed by atoms with E-state index in [4.69, 9.17) is 0 Å². The van der Waals surface area contributed by atoms with E-state index in [0.29, 0.717) is 31.3 Å². The van der Waals surface area contributed by atoms with Crippen LogP contribution in [-0.4, -0.2) is 75.3 Å². The van der Waals surface area contributed by atoms with E-state index in [2.05, 4.69) is 28.8 Å². The molecule has 4 rings (SSSR count). The predicted octanol–water partition coefficient (Wildman–Crippen LogP) is 1.66. The first kappa shape index (κ1) is 19.4. The van der Waals surface area contributed by atoms with E-state index in [1.165, 1.54) is 6.42 Å².